The van der Waals surface area contributed by atoms with Gasteiger partial charge in [0.25, 0.3) is 0 Å². The first-order chi connectivity index (χ1) is 10.2. The Labute approximate surface area is 127 Å². The fourth-order valence-electron chi connectivity index (χ4n) is 3.51. The van der Waals surface area contributed by atoms with Crippen molar-refractivity contribution in [3.8, 4) is 0 Å². The summed E-state index contributed by atoms with van der Waals surface area (Å²) in [5, 5.41) is 0. The van der Waals surface area contributed by atoms with Gasteiger partial charge in [-0.2, -0.15) is 0 Å². The van der Waals surface area contributed by atoms with Crippen molar-refractivity contribution < 1.29 is 4.79 Å². The minimum absolute atomic E-state index is 0.281. The molecule has 2 fully saturated rings. The van der Waals surface area contributed by atoms with Gasteiger partial charge in [0, 0.05) is 44.2 Å². The first-order valence-electron chi connectivity index (χ1n) is 8.26. The molecule has 3 rings (SSSR count). The number of rotatable bonds is 4. The van der Waals surface area contributed by atoms with Crippen molar-refractivity contribution in [2.24, 2.45) is 5.92 Å². The van der Waals surface area contributed by atoms with Crippen molar-refractivity contribution in [3.05, 3.63) is 35.4 Å². The number of carbonyl (C=O) groups is 1. The van der Waals surface area contributed by atoms with Crippen LogP contribution in [0.25, 0.3) is 0 Å². The summed E-state index contributed by atoms with van der Waals surface area (Å²) in [6.07, 6.45) is 4.61. The molecule has 0 amide bonds. The Morgan fingerprint density at radius 2 is 1.86 bits per heavy atom. The van der Waals surface area contributed by atoms with Crippen molar-refractivity contribution in [1.29, 1.82) is 0 Å². The molecule has 0 atom stereocenters. The summed E-state index contributed by atoms with van der Waals surface area (Å²) in [6, 6.07) is 8.32. The molecule has 0 bridgehead atoms. The lowest BCUT2D eigenvalue weighted by Crippen LogP contribution is -2.43. The van der Waals surface area contributed by atoms with E-state index in [-0.39, 0.29) is 5.92 Å². The minimum atomic E-state index is 0.281. The molecule has 1 aromatic carbocycles. The average Bonchev–Trinajstić information content (AvgIpc) is 3.03. The highest BCUT2D eigenvalue weighted by Crippen LogP contribution is 2.28. The molecule has 0 aromatic heterocycles. The largest absolute Gasteiger partial charge is 0.304 e. The molecule has 3 heteroatoms. The monoisotopic (exact) mass is 286 g/mol. The van der Waals surface area contributed by atoms with E-state index in [0.717, 1.165) is 51.1 Å². The van der Waals surface area contributed by atoms with Gasteiger partial charge in [-0.1, -0.05) is 31.0 Å². The second-order valence-electron chi connectivity index (χ2n) is 6.63. The molecular formula is C18H26N2O. The predicted molar refractivity (Wildman–Crippen MR) is 85.5 cm³/mol. The first-order valence-corrected chi connectivity index (χ1v) is 8.26. The highest BCUT2D eigenvalue weighted by molar-refractivity contribution is 5.98. The number of benzene rings is 1. The molecule has 3 nitrogen and oxygen atoms in total. The maximum Gasteiger partial charge on any atom is 0.165 e. The fourth-order valence-corrected chi connectivity index (χ4v) is 3.51. The SMILES string of the molecule is CN1CCN(Cc2cccc(C(=O)C3CCCC3)c2)CC1. The normalized spacial score (nSPS) is 21.8. The Kier molecular flexibility index (Phi) is 4.71. The number of likely N-dealkylation sites (N-methyl/N-ethyl adjacent to an activating group) is 1. The Hall–Kier alpha value is -1.19. The molecule has 2 aliphatic rings. The Morgan fingerprint density at radius 1 is 1.14 bits per heavy atom. The van der Waals surface area contributed by atoms with E-state index in [9.17, 15) is 4.79 Å². The summed E-state index contributed by atoms with van der Waals surface area (Å²) >= 11 is 0. The second-order valence-corrected chi connectivity index (χ2v) is 6.63. The standard InChI is InChI=1S/C18H26N2O/c1-19-9-11-20(12-10-19)14-15-5-4-8-17(13-15)18(21)16-6-2-3-7-16/h4-5,8,13,16H,2-3,6-7,9-12,14H2,1H3. The maximum atomic E-state index is 12.5. The van der Waals surface area contributed by atoms with Crippen LogP contribution in [0.5, 0.6) is 0 Å². The smallest absolute Gasteiger partial charge is 0.165 e. The van der Waals surface area contributed by atoms with E-state index in [4.69, 9.17) is 0 Å². The molecule has 0 unspecified atom stereocenters. The van der Waals surface area contributed by atoms with E-state index in [0.29, 0.717) is 5.78 Å². The van der Waals surface area contributed by atoms with Crippen molar-refractivity contribution in [2.75, 3.05) is 33.2 Å². The highest BCUT2D eigenvalue weighted by atomic mass is 16.1. The molecule has 1 saturated heterocycles. The Balaban J connectivity index is 1.64. The molecular weight excluding hydrogens is 260 g/mol. The molecule has 0 spiro atoms. The third-order valence-electron chi connectivity index (χ3n) is 4.94. The van der Waals surface area contributed by atoms with Gasteiger partial charge in [0.15, 0.2) is 5.78 Å². The summed E-state index contributed by atoms with van der Waals surface area (Å²) in [5.41, 5.74) is 2.21. The lowest BCUT2D eigenvalue weighted by Gasteiger charge is -2.32. The number of nitrogens with zero attached hydrogens (tertiary/aromatic N) is 2. The third kappa shape index (κ3) is 3.72. The van der Waals surface area contributed by atoms with E-state index in [2.05, 4.69) is 29.0 Å². The molecule has 0 N–H and O–H groups in total. The molecule has 21 heavy (non-hydrogen) atoms. The molecule has 1 aliphatic carbocycles. The fraction of sp³-hybridized carbons (Fsp3) is 0.611. The van der Waals surface area contributed by atoms with E-state index < -0.39 is 0 Å². The van der Waals surface area contributed by atoms with Crippen molar-refractivity contribution in [2.45, 2.75) is 32.2 Å². The van der Waals surface area contributed by atoms with Crippen LogP contribution < -0.4 is 0 Å². The van der Waals surface area contributed by atoms with E-state index in [1.165, 1.54) is 18.4 Å². The van der Waals surface area contributed by atoms with Gasteiger partial charge in [-0.25, -0.2) is 0 Å². The van der Waals surface area contributed by atoms with Gasteiger partial charge in [0.2, 0.25) is 0 Å². The lowest BCUT2D eigenvalue weighted by molar-refractivity contribution is 0.0922. The van der Waals surface area contributed by atoms with Crippen LogP contribution in [0.1, 0.15) is 41.6 Å². The third-order valence-corrected chi connectivity index (χ3v) is 4.94. The Bertz CT molecular complexity index is 486. The molecule has 1 saturated carbocycles. The van der Waals surface area contributed by atoms with E-state index in [1.807, 2.05) is 12.1 Å². The lowest BCUT2D eigenvalue weighted by atomic mass is 9.95. The van der Waals surface area contributed by atoms with Crippen LogP contribution in [0.2, 0.25) is 0 Å². The molecule has 1 heterocycles. The van der Waals surface area contributed by atoms with Crippen molar-refractivity contribution in [1.82, 2.24) is 9.80 Å². The number of hydrogen-bond acceptors (Lipinski definition) is 3. The van der Waals surface area contributed by atoms with Crippen molar-refractivity contribution >= 4 is 5.78 Å². The maximum absolute atomic E-state index is 12.5. The topological polar surface area (TPSA) is 23.6 Å². The number of Topliss-reactive ketones (excluding diaryl/α,β-unsaturated/α-hetero) is 1. The molecule has 114 valence electrons. The average molecular weight is 286 g/mol. The van der Waals surface area contributed by atoms with Crippen LogP contribution in [-0.2, 0) is 6.54 Å². The van der Waals surface area contributed by atoms with Crippen molar-refractivity contribution in [3.63, 3.8) is 0 Å². The van der Waals surface area contributed by atoms with Crippen LogP contribution in [-0.4, -0.2) is 48.8 Å². The molecule has 0 radical (unpaired) electrons. The summed E-state index contributed by atoms with van der Waals surface area (Å²) in [7, 11) is 2.18. The summed E-state index contributed by atoms with van der Waals surface area (Å²) in [6.45, 7) is 5.50. The Morgan fingerprint density at radius 3 is 2.57 bits per heavy atom. The zero-order chi connectivity index (χ0) is 14.7. The van der Waals surface area contributed by atoms with E-state index >= 15 is 0 Å². The van der Waals surface area contributed by atoms with E-state index in [1.54, 1.807) is 0 Å². The summed E-state index contributed by atoms with van der Waals surface area (Å²) in [5.74, 6) is 0.650. The zero-order valence-corrected chi connectivity index (χ0v) is 13.1. The van der Waals surface area contributed by atoms with Gasteiger partial charge in [-0.3, -0.25) is 9.69 Å². The second kappa shape index (κ2) is 6.71. The van der Waals surface area contributed by atoms with Gasteiger partial charge in [-0.05, 0) is 31.5 Å². The molecule has 1 aromatic rings. The summed E-state index contributed by atoms with van der Waals surface area (Å²) < 4.78 is 0. The van der Waals surface area contributed by atoms with Gasteiger partial charge in [-0.15, -0.1) is 0 Å². The summed E-state index contributed by atoms with van der Waals surface area (Å²) in [4.78, 5) is 17.4. The van der Waals surface area contributed by atoms with Crippen LogP contribution in [0.3, 0.4) is 0 Å². The van der Waals surface area contributed by atoms with Gasteiger partial charge in [0.05, 0.1) is 0 Å². The quantitative estimate of drug-likeness (QED) is 0.795. The number of piperazine rings is 1. The predicted octanol–water partition coefficient (Wildman–Crippen LogP) is 2.81. The van der Waals surface area contributed by atoms with Gasteiger partial charge >= 0.3 is 0 Å². The van der Waals surface area contributed by atoms with Crippen LogP contribution in [0.15, 0.2) is 24.3 Å². The van der Waals surface area contributed by atoms with Gasteiger partial charge in [0.1, 0.15) is 0 Å². The van der Waals surface area contributed by atoms with Crippen LogP contribution in [0.4, 0.5) is 0 Å². The highest BCUT2D eigenvalue weighted by Gasteiger charge is 2.24. The first kappa shape index (κ1) is 14.7. The van der Waals surface area contributed by atoms with Gasteiger partial charge < -0.3 is 4.90 Å². The van der Waals surface area contributed by atoms with Crippen LogP contribution >= 0.6 is 0 Å². The zero-order valence-electron chi connectivity index (χ0n) is 13.1. The number of carbonyl (C=O) groups excluding carboxylic acids is 1. The van der Waals surface area contributed by atoms with Crippen LogP contribution in [0, 0.1) is 5.92 Å². The number of hydrogen-bond donors (Lipinski definition) is 0. The number of ketones is 1. The minimum Gasteiger partial charge on any atom is -0.304 e. The molecule has 1 aliphatic heterocycles.